The third-order valence-corrected chi connectivity index (χ3v) is 3.81. The molecule has 98 valence electrons. The lowest BCUT2D eigenvalue weighted by Gasteiger charge is -2.32. The second-order valence-corrected chi connectivity index (χ2v) is 4.90. The van der Waals surface area contributed by atoms with Crippen LogP contribution in [-0.4, -0.2) is 18.9 Å². The summed E-state index contributed by atoms with van der Waals surface area (Å²) in [6, 6.07) is 5.33. The van der Waals surface area contributed by atoms with Crippen molar-refractivity contribution in [3.8, 4) is 0 Å². The standard InChI is InChI=1S/C15H20FNO/c1-2-12-7-4-3-5-10-17(12)15-9-6-8-14(16)13(15)11-18/h6,8-9,11-12H,2-5,7,10H2,1H3. The van der Waals surface area contributed by atoms with E-state index in [0.29, 0.717) is 12.3 Å². The van der Waals surface area contributed by atoms with E-state index in [1.165, 1.54) is 18.9 Å². The molecule has 1 aliphatic heterocycles. The van der Waals surface area contributed by atoms with E-state index in [-0.39, 0.29) is 5.56 Å². The lowest BCUT2D eigenvalue weighted by atomic mass is 10.1. The number of hydrogen-bond acceptors (Lipinski definition) is 2. The van der Waals surface area contributed by atoms with Crippen LogP contribution in [0.1, 0.15) is 49.4 Å². The summed E-state index contributed by atoms with van der Waals surface area (Å²) in [6.45, 7) is 3.08. The van der Waals surface area contributed by atoms with Crippen molar-refractivity contribution in [1.82, 2.24) is 0 Å². The van der Waals surface area contributed by atoms with Gasteiger partial charge in [0.2, 0.25) is 0 Å². The van der Waals surface area contributed by atoms with Crippen molar-refractivity contribution in [2.24, 2.45) is 0 Å². The molecule has 1 saturated heterocycles. The number of aldehydes is 1. The highest BCUT2D eigenvalue weighted by atomic mass is 19.1. The third kappa shape index (κ3) is 2.55. The minimum absolute atomic E-state index is 0.206. The predicted octanol–water partition coefficient (Wildman–Crippen LogP) is 3.80. The quantitative estimate of drug-likeness (QED) is 0.759. The Kier molecular flexibility index (Phi) is 4.34. The molecular weight excluding hydrogens is 229 g/mol. The van der Waals surface area contributed by atoms with E-state index >= 15 is 0 Å². The average molecular weight is 249 g/mol. The van der Waals surface area contributed by atoms with E-state index in [2.05, 4.69) is 11.8 Å². The highest BCUT2D eigenvalue weighted by molar-refractivity contribution is 5.85. The number of rotatable bonds is 3. The van der Waals surface area contributed by atoms with E-state index in [4.69, 9.17) is 0 Å². The van der Waals surface area contributed by atoms with Crippen molar-refractivity contribution in [3.05, 3.63) is 29.6 Å². The first-order chi connectivity index (χ1) is 8.77. The van der Waals surface area contributed by atoms with Gasteiger partial charge < -0.3 is 4.90 Å². The van der Waals surface area contributed by atoms with Gasteiger partial charge in [-0.15, -0.1) is 0 Å². The molecule has 18 heavy (non-hydrogen) atoms. The minimum Gasteiger partial charge on any atom is -0.368 e. The number of benzene rings is 1. The van der Waals surface area contributed by atoms with Crippen LogP contribution in [0.15, 0.2) is 18.2 Å². The van der Waals surface area contributed by atoms with Gasteiger partial charge >= 0.3 is 0 Å². The highest BCUT2D eigenvalue weighted by Gasteiger charge is 2.22. The Hall–Kier alpha value is -1.38. The van der Waals surface area contributed by atoms with Crippen LogP contribution >= 0.6 is 0 Å². The fourth-order valence-corrected chi connectivity index (χ4v) is 2.81. The zero-order valence-corrected chi connectivity index (χ0v) is 10.9. The molecule has 0 aromatic heterocycles. The van der Waals surface area contributed by atoms with Crippen molar-refractivity contribution < 1.29 is 9.18 Å². The monoisotopic (exact) mass is 249 g/mol. The van der Waals surface area contributed by atoms with E-state index in [9.17, 15) is 9.18 Å². The van der Waals surface area contributed by atoms with E-state index < -0.39 is 5.82 Å². The maximum Gasteiger partial charge on any atom is 0.155 e. The molecule has 1 aromatic rings. The first-order valence-electron chi connectivity index (χ1n) is 6.78. The second kappa shape index (κ2) is 5.98. The molecule has 1 aromatic carbocycles. The van der Waals surface area contributed by atoms with Gasteiger partial charge in [0.25, 0.3) is 0 Å². The molecule has 1 unspecified atom stereocenters. The number of carbonyl (C=O) groups excluding carboxylic acids is 1. The molecule has 0 amide bonds. The van der Waals surface area contributed by atoms with Crippen molar-refractivity contribution in [1.29, 1.82) is 0 Å². The molecule has 0 spiro atoms. The smallest absolute Gasteiger partial charge is 0.155 e. The predicted molar refractivity (Wildman–Crippen MR) is 71.7 cm³/mol. The SMILES string of the molecule is CCC1CCCCCN1c1cccc(F)c1C=O. The lowest BCUT2D eigenvalue weighted by molar-refractivity contribution is 0.112. The molecule has 0 saturated carbocycles. The molecule has 2 rings (SSSR count). The number of anilines is 1. The van der Waals surface area contributed by atoms with Gasteiger partial charge in [0.05, 0.1) is 11.3 Å². The normalized spacial score (nSPS) is 20.6. The van der Waals surface area contributed by atoms with Crippen LogP contribution in [0.4, 0.5) is 10.1 Å². The van der Waals surface area contributed by atoms with Crippen molar-refractivity contribution >= 4 is 12.0 Å². The Bertz CT molecular complexity index is 419. The first-order valence-corrected chi connectivity index (χ1v) is 6.78. The number of carbonyl (C=O) groups is 1. The summed E-state index contributed by atoms with van der Waals surface area (Å²) in [5, 5.41) is 0. The second-order valence-electron chi connectivity index (χ2n) is 4.90. The summed E-state index contributed by atoms with van der Waals surface area (Å²) in [5.41, 5.74) is 0.969. The summed E-state index contributed by atoms with van der Waals surface area (Å²) >= 11 is 0. The Morgan fingerprint density at radius 1 is 1.39 bits per heavy atom. The molecule has 0 bridgehead atoms. The zero-order chi connectivity index (χ0) is 13.0. The van der Waals surface area contributed by atoms with Crippen LogP contribution in [0, 0.1) is 5.82 Å². The third-order valence-electron chi connectivity index (χ3n) is 3.81. The summed E-state index contributed by atoms with van der Waals surface area (Å²) in [4.78, 5) is 13.3. The number of halogens is 1. The number of nitrogens with zero attached hydrogens (tertiary/aromatic N) is 1. The van der Waals surface area contributed by atoms with Gasteiger partial charge in [-0.3, -0.25) is 4.79 Å². The molecule has 0 N–H and O–H groups in total. The van der Waals surface area contributed by atoms with E-state index in [0.717, 1.165) is 31.5 Å². The maximum absolute atomic E-state index is 13.7. The Balaban J connectivity index is 2.38. The largest absolute Gasteiger partial charge is 0.368 e. The van der Waals surface area contributed by atoms with Crippen molar-refractivity contribution in [2.45, 2.75) is 45.1 Å². The van der Waals surface area contributed by atoms with Crippen LogP contribution in [0.2, 0.25) is 0 Å². The van der Waals surface area contributed by atoms with Gasteiger partial charge in [0.15, 0.2) is 6.29 Å². The van der Waals surface area contributed by atoms with Gasteiger partial charge in [0, 0.05) is 12.6 Å². The topological polar surface area (TPSA) is 20.3 Å². The average Bonchev–Trinajstić information content (AvgIpc) is 2.63. The lowest BCUT2D eigenvalue weighted by Crippen LogP contribution is -2.35. The summed E-state index contributed by atoms with van der Waals surface area (Å²) in [5.74, 6) is -0.415. The van der Waals surface area contributed by atoms with Crippen LogP contribution < -0.4 is 4.90 Å². The molecule has 0 radical (unpaired) electrons. The Morgan fingerprint density at radius 2 is 2.22 bits per heavy atom. The van der Waals surface area contributed by atoms with Crippen LogP contribution in [-0.2, 0) is 0 Å². The maximum atomic E-state index is 13.7. The Morgan fingerprint density at radius 3 is 2.94 bits per heavy atom. The Labute approximate surface area is 108 Å². The molecule has 1 atom stereocenters. The van der Waals surface area contributed by atoms with Crippen LogP contribution in [0.3, 0.4) is 0 Å². The highest BCUT2D eigenvalue weighted by Crippen LogP contribution is 2.29. The molecule has 2 nitrogen and oxygen atoms in total. The number of hydrogen-bond donors (Lipinski definition) is 0. The van der Waals surface area contributed by atoms with E-state index in [1.54, 1.807) is 6.07 Å². The van der Waals surface area contributed by atoms with Gasteiger partial charge in [-0.25, -0.2) is 4.39 Å². The van der Waals surface area contributed by atoms with Crippen LogP contribution in [0.25, 0.3) is 0 Å². The molecule has 0 aliphatic carbocycles. The minimum atomic E-state index is -0.415. The van der Waals surface area contributed by atoms with Gasteiger partial charge in [-0.2, -0.15) is 0 Å². The summed E-state index contributed by atoms with van der Waals surface area (Å²) in [6.07, 6.45) is 6.37. The first kappa shape index (κ1) is 13.1. The fraction of sp³-hybridized carbons (Fsp3) is 0.533. The zero-order valence-electron chi connectivity index (χ0n) is 10.9. The summed E-state index contributed by atoms with van der Waals surface area (Å²) in [7, 11) is 0. The van der Waals surface area contributed by atoms with Gasteiger partial charge in [-0.05, 0) is 31.4 Å². The van der Waals surface area contributed by atoms with Crippen LogP contribution in [0.5, 0.6) is 0 Å². The summed E-state index contributed by atoms with van der Waals surface area (Å²) < 4.78 is 13.7. The van der Waals surface area contributed by atoms with Gasteiger partial charge in [0.1, 0.15) is 5.82 Å². The van der Waals surface area contributed by atoms with Gasteiger partial charge in [-0.1, -0.05) is 25.8 Å². The van der Waals surface area contributed by atoms with E-state index in [1.807, 2.05) is 6.07 Å². The van der Waals surface area contributed by atoms with Crippen molar-refractivity contribution in [3.63, 3.8) is 0 Å². The molecule has 1 heterocycles. The molecule has 1 aliphatic rings. The molecular formula is C15H20FNO. The fourth-order valence-electron chi connectivity index (χ4n) is 2.81. The molecule has 1 fully saturated rings. The molecule has 3 heteroatoms. The van der Waals surface area contributed by atoms with Crippen molar-refractivity contribution in [2.75, 3.05) is 11.4 Å².